The summed E-state index contributed by atoms with van der Waals surface area (Å²) in [4.78, 5) is 14.6. The Balaban J connectivity index is 2.53. The van der Waals surface area contributed by atoms with Crippen molar-refractivity contribution in [3.8, 4) is 0 Å². The number of aromatic carboxylic acids is 1. The topological polar surface area (TPSA) is 87.6 Å². The highest BCUT2D eigenvalue weighted by Crippen LogP contribution is 2.28. The Morgan fingerprint density at radius 2 is 2.00 bits per heavy atom. The summed E-state index contributed by atoms with van der Waals surface area (Å²) in [5, 5.41) is 9.00. The van der Waals surface area contributed by atoms with Crippen LogP contribution in [0.3, 0.4) is 0 Å². The van der Waals surface area contributed by atoms with Crippen LogP contribution in [0.5, 0.6) is 0 Å². The average Bonchev–Trinajstić information content (AvgIpc) is 2.90. The normalized spacial score (nSPS) is 11.2. The lowest BCUT2D eigenvalue weighted by Gasteiger charge is -2.21. The van der Waals surface area contributed by atoms with E-state index in [4.69, 9.17) is 5.11 Å². The third-order valence-electron chi connectivity index (χ3n) is 2.59. The smallest absolute Gasteiger partial charge is 0.356 e. The molecule has 1 heterocycles. The minimum Gasteiger partial charge on any atom is -0.476 e. The molecule has 0 unspecified atom stereocenters. The second kappa shape index (κ2) is 5.59. The summed E-state index contributed by atoms with van der Waals surface area (Å²) in [7, 11) is -3.93. The van der Waals surface area contributed by atoms with Gasteiger partial charge in [-0.2, -0.15) is 0 Å². The first-order chi connectivity index (χ1) is 9.48. The van der Waals surface area contributed by atoms with Crippen LogP contribution in [0.25, 0.3) is 0 Å². The largest absolute Gasteiger partial charge is 0.476 e. The number of anilines is 1. The lowest BCUT2D eigenvalue weighted by molar-refractivity contribution is 0.0687. The molecule has 0 fully saturated rings. The summed E-state index contributed by atoms with van der Waals surface area (Å²) in [6, 6.07) is 8.53. The van der Waals surface area contributed by atoms with E-state index >= 15 is 0 Å². The van der Waals surface area contributed by atoms with E-state index < -0.39 is 21.7 Å². The van der Waals surface area contributed by atoms with Gasteiger partial charge in [0.05, 0.1) is 11.2 Å². The Labute approximate surface area is 120 Å². The highest BCUT2D eigenvalue weighted by Gasteiger charge is 2.31. The molecule has 0 saturated heterocycles. The van der Waals surface area contributed by atoms with Gasteiger partial charge in [-0.05, 0) is 19.1 Å². The first-order valence-corrected chi connectivity index (χ1v) is 8.05. The second-order valence-electron chi connectivity index (χ2n) is 3.80. The van der Waals surface area contributed by atoms with Crippen molar-refractivity contribution >= 4 is 33.0 Å². The van der Waals surface area contributed by atoms with Gasteiger partial charge in [0.25, 0.3) is 10.0 Å². The van der Waals surface area contributed by atoms with E-state index in [1.54, 1.807) is 37.3 Å². The quantitative estimate of drug-likeness (QED) is 0.913. The Morgan fingerprint density at radius 3 is 2.55 bits per heavy atom. The maximum absolute atomic E-state index is 12.6. The number of aromatic nitrogens is 1. The van der Waals surface area contributed by atoms with E-state index in [0.29, 0.717) is 5.69 Å². The van der Waals surface area contributed by atoms with E-state index in [-0.39, 0.29) is 10.8 Å². The van der Waals surface area contributed by atoms with Crippen LogP contribution in [0.1, 0.15) is 17.4 Å². The molecule has 0 bridgehead atoms. The SMILES string of the molecule is CCN(c1ccccc1)S(=O)(=O)c1scnc1C(=O)O. The van der Waals surface area contributed by atoms with Crippen molar-refractivity contribution in [2.75, 3.05) is 10.8 Å². The highest BCUT2D eigenvalue weighted by atomic mass is 32.2. The second-order valence-corrected chi connectivity index (χ2v) is 6.71. The van der Waals surface area contributed by atoms with E-state index in [2.05, 4.69) is 4.98 Å². The molecule has 0 radical (unpaired) electrons. The molecule has 0 aliphatic carbocycles. The molecule has 0 aliphatic rings. The molecule has 1 N–H and O–H groups in total. The van der Waals surface area contributed by atoms with Gasteiger partial charge in [0.15, 0.2) is 9.90 Å². The molecule has 0 saturated carbocycles. The Hall–Kier alpha value is -1.93. The van der Waals surface area contributed by atoms with Gasteiger partial charge in [0, 0.05) is 6.54 Å². The van der Waals surface area contributed by atoms with Crippen LogP contribution in [0.15, 0.2) is 40.1 Å². The van der Waals surface area contributed by atoms with Crippen LogP contribution >= 0.6 is 11.3 Å². The number of rotatable bonds is 5. The van der Waals surface area contributed by atoms with Crippen molar-refractivity contribution < 1.29 is 18.3 Å². The Kier molecular flexibility index (Phi) is 4.05. The maximum atomic E-state index is 12.6. The molecule has 106 valence electrons. The van der Waals surface area contributed by atoms with Gasteiger partial charge in [-0.15, -0.1) is 11.3 Å². The van der Waals surface area contributed by atoms with Crippen LogP contribution in [0, 0.1) is 0 Å². The highest BCUT2D eigenvalue weighted by molar-refractivity contribution is 7.94. The van der Waals surface area contributed by atoms with Crippen LogP contribution in [0.4, 0.5) is 5.69 Å². The van der Waals surface area contributed by atoms with Gasteiger partial charge in [0.2, 0.25) is 0 Å². The Bertz CT molecular complexity index is 710. The summed E-state index contributed by atoms with van der Waals surface area (Å²) in [5.41, 5.74) is 1.26. The fraction of sp³-hybridized carbons (Fsp3) is 0.167. The molecule has 0 amide bonds. The summed E-state index contributed by atoms with van der Waals surface area (Å²) < 4.78 is 26.1. The van der Waals surface area contributed by atoms with Crippen molar-refractivity contribution in [1.82, 2.24) is 4.98 Å². The zero-order valence-electron chi connectivity index (χ0n) is 10.6. The summed E-state index contributed by atoms with van der Waals surface area (Å²) >= 11 is 0.802. The molecule has 2 aromatic rings. The first kappa shape index (κ1) is 14.5. The number of carbonyl (C=O) groups is 1. The molecule has 1 aromatic carbocycles. The van der Waals surface area contributed by atoms with Crippen molar-refractivity contribution in [2.45, 2.75) is 11.1 Å². The van der Waals surface area contributed by atoms with E-state index in [1.807, 2.05) is 0 Å². The predicted octanol–water partition coefficient (Wildman–Crippen LogP) is 2.06. The number of benzene rings is 1. The molecular formula is C12H12N2O4S2. The first-order valence-electron chi connectivity index (χ1n) is 5.73. The number of hydrogen-bond acceptors (Lipinski definition) is 5. The molecule has 8 heteroatoms. The molecule has 20 heavy (non-hydrogen) atoms. The number of nitrogens with zero attached hydrogens (tertiary/aromatic N) is 2. The van der Waals surface area contributed by atoms with Crippen molar-refractivity contribution in [3.63, 3.8) is 0 Å². The van der Waals surface area contributed by atoms with Gasteiger partial charge in [-0.3, -0.25) is 4.31 Å². The molecule has 2 rings (SSSR count). The summed E-state index contributed by atoms with van der Waals surface area (Å²) in [5.74, 6) is -1.35. The molecule has 0 aliphatic heterocycles. The minimum absolute atomic E-state index is 0.198. The maximum Gasteiger partial charge on any atom is 0.356 e. The van der Waals surface area contributed by atoms with Crippen molar-refractivity contribution in [2.24, 2.45) is 0 Å². The van der Waals surface area contributed by atoms with Crippen LogP contribution in [-0.2, 0) is 10.0 Å². The predicted molar refractivity (Wildman–Crippen MR) is 75.7 cm³/mol. The van der Waals surface area contributed by atoms with Gasteiger partial charge in [-0.25, -0.2) is 18.2 Å². The number of carboxylic acid groups (broad SMARTS) is 1. The van der Waals surface area contributed by atoms with Crippen LogP contribution in [0.2, 0.25) is 0 Å². The van der Waals surface area contributed by atoms with Crippen molar-refractivity contribution in [3.05, 3.63) is 41.5 Å². The molecule has 0 spiro atoms. The minimum atomic E-state index is -3.93. The van der Waals surface area contributed by atoms with Crippen molar-refractivity contribution in [1.29, 1.82) is 0 Å². The number of hydrogen-bond donors (Lipinski definition) is 1. The van der Waals surface area contributed by atoms with E-state index in [0.717, 1.165) is 15.6 Å². The lowest BCUT2D eigenvalue weighted by atomic mass is 10.3. The standard InChI is InChI=1S/C12H12N2O4S2/c1-2-14(9-6-4-3-5-7-9)20(17,18)12-10(11(15)16)13-8-19-12/h3-8H,2H2,1H3,(H,15,16). The van der Waals surface area contributed by atoms with E-state index in [1.165, 1.54) is 5.51 Å². The number of thiazole rings is 1. The fourth-order valence-corrected chi connectivity index (χ4v) is 4.46. The summed E-state index contributed by atoms with van der Waals surface area (Å²) in [6.07, 6.45) is 0. The monoisotopic (exact) mass is 312 g/mol. The summed E-state index contributed by atoms with van der Waals surface area (Å²) in [6.45, 7) is 1.88. The number of carboxylic acids is 1. The van der Waals surface area contributed by atoms with Crippen LogP contribution in [-0.4, -0.2) is 31.0 Å². The van der Waals surface area contributed by atoms with Gasteiger partial charge >= 0.3 is 5.97 Å². The van der Waals surface area contributed by atoms with Gasteiger partial charge in [-0.1, -0.05) is 18.2 Å². The van der Waals surface area contributed by atoms with Crippen LogP contribution < -0.4 is 4.31 Å². The average molecular weight is 312 g/mol. The molecule has 0 atom stereocenters. The number of sulfonamides is 1. The third kappa shape index (κ3) is 2.52. The molecule has 1 aromatic heterocycles. The zero-order valence-corrected chi connectivity index (χ0v) is 12.2. The zero-order chi connectivity index (χ0) is 14.8. The van der Waals surface area contributed by atoms with Gasteiger partial charge < -0.3 is 5.11 Å². The van der Waals surface area contributed by atoms with Gasteiger partial charge in [0.1, 0.15) is 0 Å². The molecule has 6 nitrogen and oxygen atoms in total. The lowest BCUT2D eigenvalue weighted by Crippen LogP contribution is -2.31. The number of para-hydroxylation sites is 1. The van der Waals surface area contributed by atoms with E-state index in [9.17, 15) is 13.2 Å². The third-order valence-corrected chi connectivity index (χ3v) is 5.84. The Morgan fingerprint density at radius 1 is 1.35 bits per heavy atom. The molecular weight excluding hydrogens is 300 g/mol. The fourth-order valence-electron chi connectivity index (χ4n) is 1.75.